The smallest absolute Gasteiger partial charge is 0.208 e. The van der Waals surface area contributed by atoms with Gasteiger partial charge in [0.05, 0.1) is 18.6 Å². The number of ketones is 2. The second-order valence-electron chi connectivity index (χ2n) is 8.43. The lowest BCUT2D eigenvalue weighted by Gasteiger charge is -2.44. The highest BCUT2D eigenvalue weighted by molar-refractivity contribution is 6.33. The molecule has 2 heterocycles. The molecule has 1 spiro atoms. The molecule has 1 aromatic carbocycles. The van der Waals surface area contributed by atoms with Crippen LogP contribution >= 0.6 is 11.6 Å². The Morgan fingerprint density at radius 2 is 1.81 bits per heavy atom. The fraction of sp³-hybridized carbons (Fsp3) is 0.417. The van der Waals surface area contributed by atoms with E-state index in [4.69, 9.17) is 30.5 Å². The first kappa shape index (κ1) is 20.3. The predicted octanol–water partition coefficient (Wildman–Crippen LogP) is 3.77. The highest BCUT2D eigenvalue weighted by atomic mass is 35.5. The molecule has 2 aliphatic carbocycles. The first-order valence-electron chi connectivity index (χ1n) is 10.3. The van der Waals surface area contributed by atoms with Crippen LogP contribution in [0.3, 0.4) is 0 Å². The number of rotatable bonds is 3. The second-order valence-corrected chi connectivity index (χ2v) is 8.81. The molecule has 0 saturated heterocycles. The Balaban J connectivity index is 1.80. The zero-order valence-electron chi connectivity index (χ0n) is 17.6. The molecule has 0 bridgehead atoms. The number of benzene rings is 1. The van der Waals surface area contributed by atoms with Crippen molar-refractivity contribution in [1.29, 1.82) is 0 Å². The third-order valence-corrected chi connectivity index (χ3v) is 6.89. The van der Waals surface area contributed by atoms with Crippen molar-refractivity contribution in [3.05, 3.63) is 69.4 Å². The van der Waals surface area contributed by atoms with Crippen molar-refractivity contribution < 1.29 is 28.5 Å². The van der Waals surface area contributed by atoms with Gasteiger partial charge < -0.3 is 18.9 Å². The normalized spacial score (nSPS) is 32.3. The molecule has 1 aromatic rings. The fourth-order valence-corrected chi connectivity index (χ4v) is 5.82. The van der Waals surface area contributed by atoms with E-state index >= 15 is 0 Å². The van der Waals surface area contributed by atoms with E-state index < -0.39 is 17.6 Å². The Bertz CT molecular complexity index is 1070. The van der Waals surface area contributed by atoms with Crippen LogP contribution < -0.4 is 0 Å². The first-order chi connectivity index (χ1) is 14.9. The molecule has 31 heavy (non-hydrogen) atoms. The van der Waals surface area contributed by atoms with Crippen LogP contribution in [0.5, 0.6) is 0 Å². The zero-order chi connectivity index (χ0) is 21.9. The molecule has 2 unspecified atom stereocenters. The Hall–Kier alpha value is -2.57. The molecule has 4 aliphatic rings. The van der Waals surface area contributed by atoms with Gasteiger partial charge in [0.15, 0.2) is 23.9 Å². The van der Waals surface area contributed by atoms with Gasteiger partial charge in [-0.1, -0.05) is 48.9 Å². The summed E-state index contributed by atoms with van der Waals surface area (Å²) in [5, 5.41) is 0.179. The average Bonchev–Trinajstić information content (AvgIpc) is 3.29. The molecular weight excluding hydrogens is 420 g/mol. The van der Waals surface area contributed by atoms with Crippen LogP contribution in [-0.4, -0.2) is 44.1 Å². The fourth-order valence-electron chi connectivity index (χ4n) is 5.44. The maximum Gasteiger partial charge on any atom is 0.208 e. The van der Waals surface area contributed by atoms with Crippen LogP contribution in [0.2, 0.25) is 0 Å². The van der Waals surface area contributed by atoms with Crippen molar-refractivity contribution in [1.82, 2.24) is 0 Å². The standard InChI is InChI=1S/C24H23ClO6/c1-12-9-14(26)17-16(10-12)31-24(19(17)13-7-5-4-6-8-13)22(28-2)18-15(27)11-30-21(18)20(25)23(24)29-3/h4-8,12,19,22H,9-11H2,1-3H3/t12-,19-,22?,24?/m0/s1. The van der Waals surface area contributed by atoms with Gasteiger partial charge in [-0.3, -0.25) is 9.59 Å². The largest absolute Gasteiger partial charge is 0.495 e. The average molecular weight is 443 g/mol. The molecule has 7 heteroatoms. The number of methoxy groups -OCH3 is 2. The maximum absolute atomic E-state index is 13.3. The molecule has 0 N–H and O–H groups in total. The predicted molar refractivity (Wildman–Crippen MR) is 112 cm³/mol. The number of carbonyl (C=O) groups excluding carboxylic acids is 2. The van der Waals surface area contributed by atoms with E-state index in [0.717, 1.165) is 5.56 Å². The molecule has 5 rings (SSSR count). The van der Waals surface area contributed by atoms with Crippen LogP contribution in [0.4, 0.5) is 0 Å². The Kier molecular flexibility index (Phi) is 4.75. The van der Waals surface area contributed by atoms with E-state index in [0.29, 0.717) is 35.5 Å². The topological polar surface area (TPSA) is 71.1 Å². The third-order valence-electron chi connectivity index (χ3n) is 6.55. The number of hydrogen-bond acceptors (Lipinski definition) is 6. The summed E-state index contributed by atoms with van der Waals surface area (Å²) < 4.78 is 24.0. The summed E-state index contributed by atoms with van der Waals surface area (Å²) in [6.45, 7) is 1.91. The van der Waals surface area contributed by atoms with E-state index in [1.807, 2.05) is 37.3 Å². The Morgan fingerprint density at radius 3 is 2.48 bits per heavy atom. The quantitative estimate of drug-likeness (QED) is 0.709. The Labute approximate surface area is 185 Å². The van der Waals surface area contributed by atoms with E-state index in [1.165, 1.54) is 14.2 Å². The Morgan fingerprint density at radius 1 is 1.06 bits per heavy atom. The molecular formula is C24H23ClO6. The van der Waals surface area contributed by atoms with Gasteiger partial charge in [-0.15, -0.1) is 0 Å². The lowest BCUT2D eigenvalue weighted by molar-refractivity contribution is -0.122. The van der Waals surface area contributed by atoms with Crippen LogP contribution in [0.1, 0.15) is 31.2 Å². The van der Waals surface area contributed by atoms with Gasteiger partial charge in [-0.2, -0.15) is 0 Å². The van der Waals surface area contributed by atoms with Crippen molar-refractivity contribution in [2.45, 2.75) is 37.4 Å². The molecule has 0 saturated carbocycles. The van der Waals surface area contributed by atoms with Crippen LogP contribution in [0.25, 0.3) is 0 Å². The zero-order valence-corrected chi connectivity index (χ0v) is 18.3. The summed E-state index contributed by atoms with van der Waals surface area (Å²) in [6, 6.07) is 9.63. The maximum atomic E-state index is 13.3. The van der Waals surface area contributed by atoms with E-state index in [-0.39, 0.29) is 34.9 Å². The number of hydrogen-bond donors (Lipinski definition) is 0. The molecule has 162 valence electrons. The summed E-state index contributed by atoms with van der Waals surface area (Å²) in [6.07, 6.45) is 0.205. The van der Waals surface area contributed by atoms with Gasteiger partial charge >= 0.3 is 0 Å². The number of carbonyl (C=O) groups is 2. The summed E-state index contributed by atoms with van der Waals surface area (Å²) in [5.41, 5.74) is 0.483. The molecule has 0 aromatic heterocycles. The van der Waals surface area contributed by atoms with Gasteiger partial charge in [0.1, 0.15) is 16.9 Å². The molecule has 0 amide bonds. The van der Waals surface area contributed by atoms with E-state index in [2.05, 4.69) is 0 Å². The van der Waals surface area contributed by atoms with Crippen molar-refractivity contribution in [3.8, 4) is 0 Å². The van der Waals surface area contributed by atoms with Crippen LogP contribution in [0.15, 0.2) is 63.8 Å². The SMILES string of the molecule is COC1=C(Cl)C2=C(C(=O)CO2)C(OC)C12OC1=C(C(=O)C[C@H](C)C1)[C@@H]2c1ccccc1. The van der Waals surface area contributed by atoms with Crippen molar-refractivity contribution in [2.75, 3.05) is 20.8 Å². The van der Waals surface area contributed by atoms with Crippen molar-refractivity contribution >= 4 is 23.2 Å². The van der Waals surface area contributed by atoms with Crippen LogP contribution in [0, 0.1) is 5.92 Å². The highest BCUT2D eigenvalue weighted by Gasteiger charge is 2.66. The van der Waals surface area contributed by atoms with Gasteiger partial charge in [-0.25, -0.2) is 0 Å². The number of allylic oxidation sites excluding steroid dienone is 2. The van der Waals surface area contributed by atoms with Gasteiger partial charge in [-0.05, 0) is 11.5 Å². The molecule has 6 nitrogen and oxygen atoms in total. The van der Waals surface area contributed by atoms with Gasteiger partial charge in [0.25, 0.3) is 0 Å². The first-order valence-corrected chi connectivity index (χ1v) is 10.7. The lowest BCUT2D eigenvalue weighted by Crippen LogP contribution is -2.54. The lowest BCUT2D eigenvalue weighted by atomic mass is 9.68. The summed E-state index contributed by atoms with van der Waals surface area (Å²) in [5.74, 6) is 0.622. The van der Waals surface area contributed by atoms with E-state index in [9.17, 15) is 9.59 Å². The molecule has 4 atom stereocenters. The summed E-state index contributed by atoms with van der Waals surface area (Å²) in [4.78, 5) is 26.1. The monoisotopic (exact) mass is 442 g/mol. The molecule has 0 fully saturated rings. The minimum absolute atomic E-state index is 0.0367. The molecule has 0 radical (unpaired) electrons. The summed E-state index contributed by atoms with van der Waals surface area (Å²) >= 11 is 6.74. The minimum Gasteiger partial charge on any atom is -0.495 e. The van der Waals surface area contributed by atoms with Gasteiger partial charge in [0, 0.05) is 25.5 Å². The second kappa shape index (κ2) is 7.24. The van der Waals surface area contributed by atoms with Gasteiger partial charge in [0.2, 0.25) is 11.4 Å². The van der Waals surface area contributed by atoms with Crippen molar-refractivity contribution in [3.63, 3.8) is 0 Å². The number of ether oxygens (including phenoxy) is 4. The minimum atomic E-state index is -1.32. The number of Topliss-reactive ketones (excluding diaryl/α,β-unsaturated/α-hetero) is 2. The summed E-state index contributed by atoms with van der Waals surface area (Å²) in [7, 11) is 3.02. The number of halogens is 1. The highest BCUT2D eigenvalue weighted by Crippen LogP contribution is 2.60. The van der Waals surface area contributed by atoms with Crippen LogP contribution in [-0.2, 0) is 28.5 Å². The third kappa shape index (κ3) is 2.68. The van der Waals surface area contributed by atoms with Crippen molar-refractivity contribution in [2.24, 2.45) is 5.92 Å². The molecule has 2 aliphatic heterocycles. The van der Waals surface area contributed by atoms with E-state index in [1.54, 1.807) is 0 Å².